The summed E-state index contributed by atoms with van der Waals surface area (Å²) >= 11 is 0. The van der Waals surface area contributed by atoms with Gasteiger partial charge in [-0.2, -0.15) is 0 Å². The zero-order chi connectivity index (χ0) is 21.6. The summed E-state index contributed by atoms with van der Waals surface area (Å²) in [5, 5.41) is 0. The molecule has 2 aliphatic rings. The molecule has 0 bridgehead atoms. The Bertz CT molecular complexity index is 937. The highest BCUT2D eigenvalue weighted by Gasteiger charge is 2.41. The molecule has 6 heteroatoms. The van der Waals surface area contributed by atoms with Crippen LogP contribution in [0.1, 0.15) is 18.9 Å². The maximum Gasteiger partial charge on any atom is 0.278 e. The van der Waals surface area contributed by atoms with Crippen LogP contribution in [0.2, 0.25) is 0 Å². The Balaban J connectivity index is 1.61. The highest BCUT2D eigenvalue weighted by Crippen LogP contribution is 2.34. The number of benzene rings is 2. The molecule has 0 unspecified atom stereocenters. The summed E-state index contributed by atoms with van der Waals surface area (Å²) in [6, 6.07) is 19.3. The van der Waals surface area contributed by atoms with Crippen LogP contribution in [-0.2, 0) is 14.3 Å². The van der Waals surface area contributed by atoms with Gasteiger partial charge in [-0.25, -0.2) is 0 Å². The van der Waals surface area contributed by atoms with E-state index >= 15 is 0 Å². The number of ether oxygens (including phenoxy) is 1. The van der Waals surface area contributed by atoms with Crippen LogP contribution in [0.5, 0.6) is 0 Å². The molecule has 2 aliphatic heterocycles. The Morgan fingerprint density at radius 2 is 1.52 bits per heavy atom. The maximum absolute atomic E-state index is 13.5. The Hall–Kier alpha value is -2.96. The highest BCUT2D eigenvalue weighted by molar-refractivity contribution is 6.36. The van der Waals surface area contributed by atoms with Gasteiger partial charge < -0.3 is 9.64 Å². The van der Waals surface area contributed by atoms with Gasteiger partial charge in [0.25, 0.3) is 11.8 Å². The highest BCUT2D eigenvalue weighted by atomic mass is 16.5. The van der Waals surface area contributed by atoms with Crippen molar-refractivity contribution in [3.8, 4) is 0 Å². The van der Waals surface area contributed by atoms with Crippen LogP contribution in [0.4, 0.5) is 5.69 Å². The molecule has 2 amide bonds. The third-order valence-corrected chi connectivity index (χ3v) is 5.82. The normalized spacial score (nSPS) is 17.5. The molecule has 0 aromatic heterocycles. The summed E-state index contributed by atoms with van der Waals surface area (Å²) in [4.78, 5) is 32.7. The molecule has 0 spiro atoms. The first-order valence-electron chi connectivity index (χ1n) is 11.0. The zero-order valence-electron chi connectivity index (χ0n) is 18.0. The zero-order valence-corrected chi connectivity index (χ0v) is 18.0. The van der Waals surface area contributed by atoms with E-state index in [1.807, 2.05) is 72.5 Å². The first-order valence-corrected chi connectivity index (χ1v) is 11.0. The molecule has 31 heavy (non-hydrogen) atoms. The third-order valence-electron chi connectivity index (χ3n) is 5.82. The first-order chi connectivity index (χ1) is 15.2. The van der Waals surface area contributed by atoms with Gasteiger partial charge in [0.1, 0.15) is 5.70 Å². The SMILES string of the molecule is CCN(C1=C(c2ccccc2)C(=O)N(CCCN2CCOCC2)C1=O)c1ccccc1. The molecule has 0 aliphatic carbocycles. The lowest BCUT2D eigenvalue weighted by molar-refractivity contribution is -0.137. The molecule has 1 saturated heterocycles. The van der Waals surface area contributed by atoms with Crippen LogP contribution in [0.25, 0.3) is 5.57 Å². The van der Waals surface area contributed by atoms with Crippen LogP contribution in [0.15, 0.2) is 66.4 Å². The van der Waals surface area contributed by atoms with E-state index in [4.69, 9.17) is 4.74 Å². The quantitative estimate of drug-likeness (QED) is 0.616. The Morgan fingerprint density at radius 1 is 0.871 bits per heavy atom. The maximum atomic E-state index is 13.5. The van der Waals surface area contributed by atoms with Crippen molar-refractivity contribution in [3.05, 3.63) is 71.9 Å². The minimum absolute atomic E-state index is 0.206. The number of amides is 2. The van der Waals surface area contributed by atoms with Gasteiger partial charge in [-0.1, -0.05) is 48.5 Å². The molecule has 4 rings (SSSR count). The summed E-state index contributed by atoms with van der Waals surface area (Å²) in [6.07, 6.45) is 0.754. The van der Waals surface area contributed by atoms with Crippen LogP contribution >= 0.6 is 0 Å². The minimum atomic E-state index is -0.212. The molecular weight excluding hydrogens is 390 g/mol. The third kappa shape index (κ3) is 4.55. The average molecular weight is 420 g/mol. The molecule has 1 fully saturated rings. The van der Waals surface area contributed by atoms with Crippen LogP contribution in [0.3, 0.4) is 0 Å². The van der Waals surface area contributed by atoms with Gasteiger partial charge in [0.05, 0.1) is 18.8 Å². The van der Waals surface area contributed by atoms with E-state index in [2.05, 4.69) is 4.90 Å². The van der Waals surface area contributed by atoms with Crippen LogP contribution in [0, 0.1) is 0 Å². The van der Waals surface area contributed by atoms with Crippen molar-refractivity contribution in [3.63, 3.8) is 0 Å². The molecule has 2 aromatic carbocycles. The van der Waals surface area contributed by atoms with E-state index in [9.17, 15) is 9.59 Å². The second kappa shape index (κ2) is 9.90. The Kier molecular flexibility index (Phi) is 6.79. The van der Waals surface area contributed by atoms with Crippen molar-refractivity contribution < 1.29 is 14.3 Å². The fourth-order valence-corrected chi connectivity index (χ4v) is 4.24. The van der Waals surface area contributed by atoms with E-state index in [0.29, 0.717) is 24.4 Å². The molecule has 162 valence electrons. The van der Waals surface area contributed by atoms with Crippen LogP contribution < -0.4 is 4.90 Å². The van der Waals surface area contributed by atoms with Crippen molar-refractivity contribution in [2.75, 3.05) is 50.8 Å². The van der Waals surface area contributed by atoms with Gasteiger partial charge in [-0.3, -0.25) is 19.4 Å². The van der Waals surface area contributed by atoms with Gasteiger partial charge in [0.2, 0.25) is 0 Å². The standard InChI is InChI=1S/C25H29N3O3/c1-2-27(21-12-7-4-8-13-21)23-22(20-10-5-3-6-11-20)24(29)28(25(23)30)15-9-14-26-16-18-31-19-17-26/h3-8,10-13H,2,9,14-19H2,1H3. The predicted molar refractivity (Wildman–Crippen MR) is 121 cm³/mol. The smallest absolute Gasteiger partial charge is 0.278 e. The molecule has 0 atom stereocenters. The number of hydrogen-bond donors (Lipinski definition) is 0. The Labute approximate surface area is 183 Å². The number of nitrogens with zero attached hydrogens (tertiary/aromatic N) is 3. The molecule has 0 saturated carbocycles. The number of likely N-dealkylation sites (N-methyl/N-ethyl adjacent to an activating group) is 1. The largest absolute Gasteiger partial charge is 0.379 e. The number of carbonyl (C=O) groups is 2. The van der Waals surface area contributed by atoms with Crippen molar-refractivity contribution in [1.29, 1.82) is 0 Å². The van der Waals surface area contributed by atoms with Crippen molar-refractivity contribution in [2.24, 2.45) is 0 Å². The molecule has 0 radical (unpaired) electrons. The van der Waals surface area contributed by atoms with E-state index in [1.54, 1.807) is 0 Å². The molecule has 2 heterocycles. The number of anilines is 1. The lowest BCUT2D eigenvalue weighted by atomic mass is 10.0. The number of para-hydroxylation sites is 1. The van der Waals surface area contributed by atoms with Crippen LogP contribution in [-0.4, -0.2) is 67.6 Å². The van der Waals surface area contributed by atoms with Gasteiger partial charge in [-0.05, 0) is 31.0 Å². The van der Waals surface area contributed by atoms with Gasteiger partial charge in [0, 0.05) is 38.4 Å². The topological polar surface area (TPSA) is 53.1 Å². The van der Waals surface area contributed by atoms with Crippen molar-refractivity contribution >= 4 is 23.1 Å². The van der Waals surface area contributed by atoms with E-state index < -0.39 is 0 Å². The van der Waals surface area contributed by atoms with Gasteiger partial charge in [-0.15, -0.1) is 0 Å². The number of morpholine rings is 1. The summed E-state index contributed by atoms with van der Waals surface area (Å²) in [7, 11) is 0. The fraction of sp³-hybridized carbons (Fsp3) is 0.360. The van der Waals surface area contributed by atoms with Crippen molar-refractivity contribution in [2.45, 2.75) is 13.3 Å². The second-order valence-corrected chi connectivity index (χ2v) is 7.74. The number of hydrogen-bond acceptors (Lipinski definition) is 5. The lowest BCUT2D eigenvalue weighted by Gasteiger charge is -2.27. The molecule has 0 N–H and O–H groups in total. The monoisotopic (exact) mass is 419 g/mol. The minimum Gasteiger partial charge on any atom is -0.379 e. The molecule has 6 nitrogen and oxygen atoms in total. The number of carbonyl (C=O) groups excluding carboxylic acids is 2. The average Bonchev–Trinajstić information content (AvgIpc) is 3.06. The van der Waals surface area contributed by atoms with E-state index in [0.717, 1.165) is 50.5 Å². The summed E-state index contributed by atoms with van der Waals surface area (Å²) in [5.74, 6) is -0.418. The molecular formula is C25H29N3O3. The lowest BCUT2D eigenvalue weighted by Crippen LogP contribution is -2.40. The summed E-state index contributed by atoms with van der Waals surface area (Å²) < 4.78 is 5.40. The van der Waals surface area contributed by atoms with E-state index in [-0.39, 0.29) is 11.8 Å². The Morgan fingerprint density at radius 3 is 2.16 bits per heavy atom. The number of imide groups is 1. The first kappa shape index (κ1) is 21.3. The predicted octanol–water partition coefficient (Wildman–Crippen LogP) is 3.02. The van der Waals surface area contributed by atoms with E-state index in [1.165, 1.54) is 4.90 Å². The van der Waals surface area contributed by atoms with Crippen molar-refractivity contribution in [1.82, 2.24) is 9.80 Å². The summed E-state index contributed by atoms with van der Waals surface area (Å²) in [5.41, 5.74) is 2.64. The second-order valence-electron chi connectivity index (χ2n) is 7.74. The fourth-order valence-electron chi connectivity index (χ4n) is 4.24. The number of rotatable bonds is 8. The van der Waals surface area contributed by atoms with Gasteiger partial charge >= 0.3 is 0 Å². The van der Waals surface area contributed by atoms with Gasteiger partial charge in [0.15, 0.2) is 0 Å². The summed E-state index contributed by atoms with van der Waals surface area (Å²) in [6.45, 7) is 7.16. The molecule has 2 aromatic rings.